The van der Waals surface area contributed by atoms with E-state index in [9.17, 15) is 4.79 Å². The van der Waals surface area contributed by atoms with E-state index in [1.165, 1.54) is 5.56 Å². The van der Waals surface area contributed by atoms with Crippen LogP contribution < -0.4 is 10.1 Å². The molecule has 0 unspecified atom stereocenters. The highest BCUT2D eigenvalue weighted by Crippen LogP contribution is 2.28. The van der Waals surface area contributed by atoms with Gasteiger partial charge in [-0.05, 0) is 60.4 Å². The molecule has 0 radical (unpaired) electrons. The third-order valence-corrected chi connectivity index (χ3v) is 4.94. The van der Waals surface area contributed by atoms with Crippen LogP contribution in [0.25, 0.3) is 22.2 Å². The van der Waals surface area contributed by atoms with Crippen LogP contribution in [0.5, 0.6) is 5.75 Å². The highest BCUT2D eigenvalue weighted by Gasteiger charge is 2.15. The van der Waals surface area contributed by atoms with Gasteiger partial charge in [-0.15, -0.1) is 0 Å². The Bertz CT molecular complexity index is 981. The van der Waals surface area contributed by atoms with E-state index in [1.54, 1.807) is 14.2 Å². The third kappa shape index (κ3) is 4.93. The number of rotatable bonds is 8. The first-order valence-electron chi connectivity index (χ1n) is 9.89. The number of amides is 1. The van der Waals surface area contributed by atoms with E-state index in [0.717, 1.165) is 34.3 Å². The van der Waals surface area contributed by atoms with Crippen molar-refractivity contribution in [3.8, 4) is 17.0 Å². The number of benzene rings is 2. The van der Waals surface area contributed by atoms with Crippen LogP contribution in [0, 0.1) is 0 Å². The lowest BCUT2D eigenvalue weighted by atomic mass is 9.97. The molecule has 0 spiro atoms. The molecule has 1 aromatic heterocycles. The first kappa shape index (κ1) is 20.8. The van der Waals surface area contributed by atoms with Gasteiger partial charge in [-0.25, -0.2) is 4.98 Å². The standard InChI is InChI=1S/C24H28N2O3/c1-16(2)18-8-11-22-20(14-18)21(24(27)25-12-5-13-28-3)15-23(26-22)17-6-9-19(29-4)10-7-17/h6-11,14-16H,5,12-13H2,1-4H3,(H,25,27). The van der Waals surface area contributed by atoms with Gasteiger partial charge in [0.15, 0.2) is 0 Å². The van der Waals surface area contributed by atoms with Crippen LogP contribution in [0.15, 0.2) is 48.5 Å². The summed E-state index contributed by atoms with van der Waals surface area (Å²) in [5.74, 6) is 1.06. The van der Waals surface area contributed by atoms with Crippen molar-refractivity contribution in [2.45, 2.75) is 26.2 Å². The molecule has 0 bridgehead atoms. The molecule has 1 amide bonds. The van der Waals surface area contributed by atoms with Crippen molar-refractivity contribution in [2.75, 3.05) is 27.4 Å². The molecule has 1 N–H and O–H groups in total. The maximum atomic E-state index is 13.0. The maximum Gasteiger partial charge on any atom is 0.252 e. The van der Waals surface area contributed by atoms with Crippen LogP contribution in [0.3, 0.4) is 0 Å². The second-order valence-corrected chi connectivity index (χ2v) is 7.32. The SMILES string of the molecule is COCCCNC(=O)c1cc(-c2ccc(OC)cc2)nc2ccc(C(C)C)cc12. The molecule has 0 fully saturated rings. The van der Waals surface area contributed by atoms with Gasteiger partial charge in [0.2, 0.25) is 0 Å². The molecular formula is C24H28N2O3. The predicted octanol–water partition coefficient (Wildman–Crippen LogP) is 4.80. The minimum Gasteiger partial charge on any atom is -0.497 e. The number of nitrogens with one attached hydrogen (secondary N) is 1. The van der Waals surface area contributed by atoms with Crippen LogP contribution in [-0.4, -0.2) is 38.3 Å². The molecule has 0 aliphatic carbocycles. The summed E-state index contributed by atoms with van der Waals surface area (Å²) in [6.45, 7) is 5.47. The smallest absolute Gasteiger partial charge is 0.252 e. The summed E-state index contributed by atoms with van der Waals surface area (Å²) >= 11 is 0. The average Bonchev–Trinajstić information content (AvgIpc) is 2.75. The zero-order valence-electron chi connectivity index (χ0n) is 17.5. The van der Waals surface area contributed by atoms with E-state index in [-0.39, 0.29) is 5.91 Å². The van der Waals surface area contributed by atoms with Crippen molar-refractivity contribution in [3.63, 3.8) is 0 Å². The number of aromatic nitrogens is 1. The topological polar surface area (TPSA) is 60.5 Å². The van der Waals surface area contributed by atoms with Gasteiger partial charge in [0.25, 0.3) is 5.91 Å². The Labute approximate surface area is 172 Å². The summed E-state index contributed by atoms with van der Waals surface area (Å²) in [4.78, 5) is 17.8. The normalized spacial score (nSPS) is 11.1. The van der Waals surface area contributed by atoms with Gasteiger partial charge >= 0.3 is 0 Å². The lowest BCUT2D eigenvalue weighted by molar-refractivity contribution is 0.0950. The van der Waals surface area contributed by atoms with Gasteiger partial charge in [-0.2, -0.15) is 0 Å². The maximum absolute atomic E-state index is 13.0. The van der Waals surface area contributed by atoms with E-state index in [2.05, 4.69) is 31.3 Å². The zero-order valence-corrected chi connectivity index (χ0v) is 17.5. The lowest BCUT2D eigenvalue weighted by Crippen LogP contribution is -2.25. The molecule has 29 heavy (non-hydrogen) atoms. The summed E-state index contributed by atoms with van der Waals surface area (Å²) < 4.78 is 10.3. The van der Waals surface area contributed by atoms with Gasteiger partial charge < -0.3 is 14.8 Å². The van der Waals surface area contributed by atoms with Crippen molar-refractivity contribution in [3.05, 3.63) is 59.7 Å². The van der Waals surface area contributed by atoms with Crippen LogP contribution in [-0.2, 0) is 4.74 Å². The number of pyridine rings is 1. The number of methoxy groups -OCH3 is 2. The molecular weight excluding hydrogens is 364 g/mol. The highest BCUT2D eigenvalue weighted by atomic mass is 16.5. The minimum absolute atomic E-state index is 0.0934. The molecule has 1 heterocycles. The molecule has 3 rings (SSSR count). The quantitative estimate of drug-likeness (QED) is 0.560. The molecule has 0 aliphatic heterocycles. The van der Waals surface area contributed by atoms with Gasteiger partial charge in [0, 0.05) is 31.2 Å². The Morgan fingerprint density at radius 1 is 1.07 bits per heavy atom. The molecule has 0 atom stereocenters. The number of carbonyl (C=O) groups excluding carboxylic acids is 1. The summed E-state index contributed by atoms with van der Waals surface area (Å²) in [5, 5.41) is 3.88. The monoisotopic (exact) mass is 392 g/mol. The number of ether oxygens (including phenoxy) is 2. The van der Waals surface area contributed by atoms with Gasteiger partial charge in [-0.1, -0.05) is 19.9 Å². The van der Waals surface area contributed by atoms with Crippen LogP contribution in [0.4, 0.5) is 0 Å². The molecule has 5 nitrogen and oxygen atoms in total. The lowest BCUT2D eigenvalue weighted by Gasteiger charge is -2.13. The molecule has 0 aliphatic rings. The number of carbonyl (C=O) groups is 1. The third-order valence-electron chi connectivity index (χ3n) is 4.94. The number of hydrogen-bond acceptors (Lipinski definition) is 4. The summed E-state index contributed by atoms with van der Waals surface area (Å²) in [6.07, 6.45) is 0.772. The Morgan fingerprint density at radius 2 is 1.83 bits per heavy atom. The summed E-state index contributed by atoms with van der Waals surface area (Å²) in [7, 11) is 3.30. The fourth-order valence-electron chi connectivity index (χ4n) is 3.21. The number of nitrogens with zero attached hydrogens (tertiary/aromatic N) is 1. The predicted molar refractivity (Wildman–Crippen MR) is 117 cm³/mol. The van der Waals surface area contributed by atoms with E-state index in [1.807, 2.05) is 36.4 Å². The molecule has 0 saturated heterocycles. The van der Waals surface area contributed by atoms with E-state index in [4.69, 9.17) is 14.5 Å². The van der Waals surface area contributed by atoms with Crippen molar-refractivity contribution in [1.29, 1.82) is 0 Å². The Hall–Kier alpha value is -2.92. The van der Waals surface area contributed by atoms with Crippen molar-refractivity contribution in [1.82, 2.24) is 10.3 Å². The van der Waals surface area contributed by atoms with E-state index in [0.29, 0.717) is 24.6 Å². The van der Waals surface area contributed by atoms with Gasteiger partial charge in [0.1, 0.15) is 5.75 Å². The largest absolute Gasteiger partial charge is 0.497 e. The van der Waals surface area contributed by atoms with Crippen molar-refractivity contribution >= 4 is 16.8 Å². The first-order valence-corrected chi connectivity index (χ1v) is 9.89. The molecule has 5 heteroatoms. The number of fused-ring (bicyclic) bond motifs is 1. The van der Waals surface area contributed by atoms with Crippen LogP contribution in [0.1, 0.15) is 42.1 Å². The summed E-state index contributed by atoms with van der Waals surface area (Å²) in [5.41, 5.74) is 4.34. The first-order chi connectivity index (χ1) is 14.0. The second kappa shape index (κ2) is 9.52. The van der Waals surface area contributed by atoms with E-state index < -0.39 is 0 Å². The van der Waals surface area contributed by atoms with Crippen molar-refractivity contribution < 1.29 is 14.3 Å². The minimum atomic E-state index is -0.0934. The Balaban J connectivity index is 2.05. The van der Waals surface area contributed by atoms with Crippen LogP contribution >= 0.6 is 0 Å². The van der Waals surface area contributed by atoms with Crippen molar-refractivity contribution in [2.24, 2.45) is 0 Å². The molecule has 0 saturated carbocycles. The Kier molecular flexibility index (Phi) is 6.83. The fraction of sp³-hybridized carbons (Fsp3) is 0.333. The molecule has 152 valence electrons. The Morgan fingerprint density at radius 3 is 2.48 bits per heavy atom. The molecule has 2 aromatic carbocycles. The van der Waals surface area contributed by atoms with Crippen LogP contribution in [0.2, 0.25) is 0 Å². The van der Waals surface area contributed by atoms with Gasteiger partial charge in [-0.3, -0.25) is 4.79 Å². The van der Waals surface area contributed by atoms with E-state index >= 15 is 0 Å². The van der Waals surface area contributed by atoms with Gasteiger partial charge in [0.05, 0.1) is 23.9 Å². The molecule has 3 aromatic rings. The summed E-state index contributed by atoms with van der Waals surface area (Å²) in [6, 6.07) is 15.7. The number of hydrogen-bond donors (Lipinski definition) is 1. The zero-order chi connectivity index (χ0) is 20.8. The highest BCUT2D eigenvalue weighted by molar-refractivity contribution is 6.07. The average molecular weight is 392 g/mol. The fourth-order valence-corrected chi connectivity index (χ4v) is 3.21. The second-order valence-electron chi connectivity index (χ2n) is 7.32.